The van der Waals surface area contributed by atoms with Gasteiger partial charge in [-0.3, -0.25) is 14.2 Å². The van der Waals surface area contributed by atoms with Crippen molar-refractivity contribution in [2.75, 3.05) is 17.4 Å². The van der Waals surface area contributed by atoms with Crippen molar-refractivity contribution in [3.63, 3.8) is 0 Å². The summed E-state index contributed by atoms with van der Waals surface area (Å²) in [6.45, 7) is 2.19. The van der Waals surface area contributed by atoms with E-state index in [-0.39, 0.29) is 10.9 Å². The fourth-order valence-corrected chi connectivity index (χ4v) is 5.63. The van der Waals surface area contributed by atoms with Crippen LogP contribution >= 0.6 is 0 Å². The molecule has 2 heterocycles. The Labute approximate surface area is 181 Å². The fraction of sp³-hybridized carbons (Fsp3) is 0.261. The molecule has 0 aliphatic carbocycles. The van der Waals surface area contributed by atoms with Crippen molar-refractivity contribution in [3.8, 4) is 0 Å². The van der Waals surface area contributed by atoms with E-state index < -0.39 is 21.7 Å². The number of nitrogens with zero attached hydrogens (tertiary/aromatic N) is 3. The number of halogens is 2. The van der Waals surface area contributed by atoms with Crippen LogP contribution in [0.3, 0.4) is 0 Å². The summed E-state index contributed by atoms with van der Waals surface area (Å²) in [5, 5.41) is 0. The maximum Gasteiger partial charge on any atom is 0.264 e. The average Bonchev–Trinajstić information content (AvgIpc) is 2.77. The zero-order valence-electron chi connectivity index (χ0n) is 16.9. The smallest absolute Gasteiger partial charge is 0.264 e. The van der Waals surface area contributed by atoms with E-state index in [1.807, 2.05) is 18.3 Å². The van der Waals surface area contributed by atoms with Crippen LogP contribution in [0.1, 0.15) is 18.4 Å². The lowest BCUT2D eigenvalue weighted by atomic mass is 10.0. The topological polar surface area (TPSA) is 53.5 Å². The molecule has 0 unspecified atom stereocenters. The largest absolute Gasteiger partial charge is 0.299 e. The normalized spacial score (nSPS) is 15.7. The first-order valence-corrected chi connectivity index (χ1v) is 11.5. The van der Waals surface area contributed by atoms with Crippen LogP contribution in [0.2, 0.25) is 0 Å². The third kappa shape index (κ3) is 4.91. The lowest BCUT2D eigenvalue weighted by molar-refractivity contribution is 0.206. The first-order valence-electron chi connectivity index (χ1n) is 10.1. The predicted octanol–water partition coefficient (Wildman–Crippen LogP) is 4.22. The highest BCUT2D eigenvalue weighted by Gasteiger charge is 2.34. The van der Waals surface area contributed by atoms with Gasteiger partial charge in [0.05, 0.1) is 10.6 Å². The van der Waals surface area contributed by atoms with Crippen LogP contribution in [0.5, 0.6) is 0 Å². The Balaban J connectivity index is 1.58. The van der Waals surface area contributed by atoms with Crippen LogP contribution in [0.25, 0.3) is 0 Å². The van der Waals surface area contributed by atoms with E-state index in [9.17, 15) is 17.2 Å². The van der Waals surface area contributed by atoms with Gasteiger partial charge >= 0.3 is 0 Å². The first-order chi connectivity index (χ1) is 14.9. The first kappa shape index (κ1) is 21.4. The van der Waals surface area contributed by atoms with E-state index >= 15 is 0 Å². The van der Waals surface area contributed by atoms with Gasteiger partial charge in [0, 0.05) is 38.1 Å². The molecule has 1 aromatic heterocycles. The van der Waals surface area contributed by atoms with Crippen molar-refractivity contribution < 1.29 is 17.2 Å². The van der Waals surface area contributed by atoms with Gasteiger partial charge < -0.3 is 0 Å². The maximum absolute atomic E-state index is 13.5. The van der Waals surface area contributed by atoms with Gasteiger partial charge in [-0.2, -0.15) is 0 Å². The second-order valence-corrected chi connectivity index (χ2v) is 9.41. The molecule has 31 heavy (non-hydrogen) atoms. The van der Waals surface area contributed by atoms with Crippen LogP contribution in [0.15, 0.2) is 78.0 Å². The predicted molar refractivity (Wildman–Crippen MR) is 115 cm³/mol. The van der Waals surface area contributed by atoms with Crippen LogP contribution in [-0.2, 0) is 16.6 Å². The number of hydrogen-bond acceptors (Lipinski definition) is 4. The van der Waals surface area contributed by atoms with E-state index in [0.717, 1.165) is 37.3 Å². The Bertz CT molecular complexity index is 1100. The summed E-state index contributed by atoms with van der Waals surface area (Å²) in [6.07, 6.45) is 4.81. The Morgan fingerprint density at radius 3 is 2.13 bits per heavy atom. The summed E-state index contributed by atoms with van der Waals surface area (Å²) in [4.78, 5) is 6.42. The molecule has 2 aromatic carbocycles. The van der Waals surface area contributed by atoms with E-state index in [1.54, 1.807) is 6.20 Å². The summed E-state index contributed by atoms with van der Waals surface area (Å²) in [6, 6.07) is 13.9. The second-order valence-electron chi connectivity index (χ2n) is 7.60. The number of pyridine rings is 1. The van der Waals surface area contributed by atoms with Crippen molar-refractivity contribution in [2.24, 2.45) is 0 Å². The summed E-state index contributed by atoms with van der Waals surface area (Å²) < 4.78 is 55.2. The second kappa shape index (κ2) is 9.11. The Morgan fingerprint density at radius 1 is 0.935 bits per heavy atom. The molecular formula is C23H23F2N3O2S. The Hall–Kier alpha value is -2.84. The minimum Gasteiger partial charge on any atom is -0.299 e. The van der Waals surface area contributed by atoms with Gasteiger partial charge in [-0.05, 0) is 73.0 Å². The molecule has 0 saturated carbocycles. The minimum atomic E-state index is -3.94. The van der Waals surface area contributed by atoms with E-state index in [1.165, 1.54) is 40.7 Å². The number of sulfonamides is 1. The molecular weight excluding hydrogens is 420 g/mol. The van der Waals surface area contributed by atoms with Gasteiger partial charge in [0.15, 0.2) is 0 Å². The van der Waals surface area contributed by atoms with Gasteiger partial charge in [0.25, 0.3) is 10.0 Å². The summed E-state index contributed by atoms with van der Waals surface area (Å²) >= 11 is 0. The lowest BCUT2D eigenvalue weighted by Gasteiger charge is -2.39. The highest BCUT2D eigenvalue weighted by Crippen LogP contribution is 2.31. The third-order valence-corrected chi connectivity index (χ3v) is 7.36. The van der Waals surface area contributed by atoms with Crippen molar-refractivity contribution in [1.82, 2.24) is 9.88 Å². The standard InChI is InChI=1S/C23H23F2N3O2S/c24-19-3-7-21(8-4-19)28(31(29,30)23-9-5-20(25)6-10-23)22-11-14-27(15-12-22)17-18-2-1-13-26-16-18/h1-10,13,16,22H,11-12,14-15,17H2. The monoisotopic (exact) mass is 443 g/mol. The quantitative estimate of drug-likeness (QED) is 0.573. The zero-order valence-corrected chi connectivity index (χ0v) is 17.7. The van der Waals surface area contributed by atoms with Crippen molar-refractivity contribution in [3.05, 3.63) is 90.3 Å². The molecule has 3 aromatic rings. The van der Waals surface area contributed by atoms with Crippen LogP contribution in [0, 0.1) is 11.6 Å². The number of piperidine rings is 1. The number of anilines is 1. The lowest BCUT2D eigenvalue weighted by Crippen LogP contribution is -2.47. The zero-order chi connectivity index (χ0) is 21.8. The van der Waals surface area contributed by atoms with Crippen molar-refractivity contribution in [1.29, 1.82) is 0 Å². The number of aromatic nitrogens is 1. The highest BCUT2D eigenvalue weighted by atomic mass is 32.2. The molecule has 1 aliphatic heterocycles. The highest BCUT2D eigenvalue weighted by molar-refractivity contribution is 7.92. The molecule has 1 fully saturated rings. The molecule has 5 nitrogen and oxygen atoms in total. The van der Waals surface area contributed by atoms with Crippen LogP contribution in [0.4, 0.5) is 14.5 Å². The molecule has 1 saturated heterocycles. The number of hydrogen-bond donors (Lipinski definition) is 0. The van der Waals surface area contributed by atoms with Crippen molar-refractivity contribution >= 4 is 15.7 Å². The number of likely N-dealkylation sites (tertiary alicyclic amines) is 1. The summed E-state index contributed by atoms with van der Waals surface area (Å²) in [7, 11) is -3.94. The Kier molecular flexibility index (Phi) is 6.29. The van der Waals surface area contributed by atoms with Gasteiger partial charge in [-0.15, -0.1) is 0 Å². The van der Waals surface area contributed by atoms with E-state index in [4.69, 9.17) is 0 Å². The minimum absolute atomic E-state index is 0.0102. The Morgan fingerprint density at radius 2 is 1.55 bits per heavy atom. The van der Waals surface area contributed by atoms with Crippen molar-refractivity contribution in [2.45, 2.75) is 30.3 Å². The van der Waals surface area contributed by atoms with Gasteiger partial charge in [-0.25, -0.2) is 17.2 Å². The maximum atomic E-state index is 13.5. The van der Waals surface area contributed by atoms with E-state index in [2.05, 4.69) is 9.88 Å². The third-order valence-electron chi connectivity index (χ3n) is 5.47. The molecule has 162 valence electrons. The molecule has 0 amide bonds. The van der Waals surface area contributed by atoms with Gasteiger partial charge in [0.2, 0.25) is 0 Å². The number of benzene rings is 2. The fourth-order valence-electron chi connectivity index (χ4n) is 3.92. The molecule has 0 N–H and O–H groups in total. The molecule has 8 heteroatoms. The molecule has 0 bridgehead atoms. The molecule has 0 atom stereocenters. The summed E-state index contributed by atoms with van der Waals surface area (Å²) in [5.74, 6) is -0.940. The molecule has 1 aliphatic rings. The van der Waals surface area contributed by atoms with Gasteiger partial charge in [0.1, 0.15) is 11.6 Å². The van der Waals surface area contributed by atoms with Crippen LogP contribution in [-0.4, -0.2) is 37.4 Å². The van der Waals surface area contributed by atoms with Gasteiger partial charge in [-0.1, -0.05) is 6.07 Å². The van der Waals surface area contributed by atoms with E-state index in [0.29, 0.717) is 18.5 Å². The summed E-state index contributed by atoms with van der Waals surface area (Å²) in [5.41, 5.74) is 1.51. The molecule has 4 rings (SSSR count). The number of rotatable bonds is 6. The van der Waals surface area contributed by atoms with Crippen LogP contribution < -0.4 is 4.31 Å². The average molecular weight is 444 g/mol. The SMILES string of the molecule is O=S(=O)(c1ccc(F)cc1)N(c1ccc(F)cc1)C1CCN(Cc2cccnc2)CC1. The molecule has 0 spiro atoms. The molecule has 0 radical (unpaired) electrons.